The number of urea groups is 1. The van der Waals surface area contributed by atoms with E-state index in [4.69, 9.17) is 0 Å². The molecule has 0 radical (unpaired) electrons. The molecule has 1 spiro atoms. The molecule has 136 valence electrons. The number of rotatable bonds is 3. The van der Waals surface area contributed by atoms with Crippen molar-refractivity contribution in [3.63, 3.8) is 0 Å². The van der Waals surface area contributed by atoms with Crippen LogP contribution in [0.15, 0.2) is 54.9 Å². The van der Waals surface area contributed by atoms with E-state index in [1.54, 1.807) is 0 Å². The molecule has 2 saturated heterocycles. The molecule has 1 atom stereocenters. The van der Waals surface area contributed by atoms with E-state index in [-0.39, 0.29) is 11.6 Å². The number of carbonyl (C=O) groups is 1. The predicted octanol–water partition coefficient (Wildman–Crippen LogP) is 3.74. The number of benzene rings is 1. The maximum atomic E-state index is 12.8. The van der Waals surface area contributed by atoms with Gasteiger partial charge in [0.2, 0.25) is 0 Å². The summed E-state index contributed by atoms with van der Waals surface area (Å²) >= 11 is 0. The molecule has 26 heavy (non-hydrogen) atoms. The fourth-order valence-corrected chi connectivity index (χ4v) is 4.42. The fraction of sp³-hybridized carbons (Fsp3) is 0.429. The van der Waals surface area contributed by atoms with Gasteiger partial charge in [-0.3, -0.25) is 9.88 Å². The molecule has 0 saturated carbocycles. The largest absolute Gasteiger partial charge is 0.323 e. The van der Waals surface area contributed by atoms with Crippen LogP contribution in [0.5, 0.6) is 0 Å². The normalized spacial score (nSPS) is 23.3. The Morgan fingerprint density at radius 1 is 1.08 bits per heavy atom. The zero-order valence-corrected chi connectivity index (χ0v) is 15.1. The van der Waals surface area contributed by atoms with Crippen molar-refractivity contribution in [2.45, 2.75) is 37.8 Å². The molecule has 5 heteroatoms. The second-order valence-electron chi connectivity index (χ2n) is 7.43. The molecule has 5 nitrogen and oxygen atoms in total. The Morgan fingerprint density at radius 3 is 2.65 bits per heavy atom. The Kier molecular flexibility index (Phi) is 4.89. The highest BCUT2D eigenvalue weighted by Crippen LogP contribution is 2.38. The number of pyridine rings is 1. The lowest BCUT2D eigenvalue weighted by molar-refractivity contribution is 0.0533. The van der Waals surface area contributed by atoms with Gasteiger partial charge in [-0.2, -0.15) is 0 Å². The van der Waals surface area contributed by atoms with Gasteiger partial charge in [-0.05, 0) is 56.0 Å². The molecule has 0 aliphatic carbocycles. The minimum absolute atomic E-state index is 0.0171. The summed E-state index contributed by atoms with van der Waals surface area (Å²) in [4.78, 5) is 21.6. The maximum Gasteiger partial charge on any atom is 0.321 e. The molecular weight excluding hydrogens is 324 g/mol. The molecule has 1 N–H and O–H groups in total. The van der Waals surface area contributed by atoms with Crippen molar-refractivity contribution in [1.82, 2.24) is 14.8 Å². The first-order chi connectivity index (χ1) is 12.8. The van der Waals surface area contributed by atoms with Crippen molar-refractivity contribution in [1.29, 1.82) is 0 Å². The van der Waals surface area contributed by atoms with Crippen LogP contribution in [0.3, 0.4) is 0 Å². The van der Waals surface area contributed by atoms with Crippen LogP contribution < -0.4 is 5.32 Å². The summed E-state index contributed by atoms with van der Waals surface area (Å²) in [5.74, 6) is 0. The van der Waals surface area contributed by atoms with Crippen LogP contribution in [0.2, 0.25) is 0 Å². The van der Waals surface area contributed by atoms with Crippen molar-refractivity contribution in [3.8, 4) is 0 Å². The lowest BCUT2D eigenvalue weighted by Gasteiger charge is -2.46. The number of amides is 2. The van der Waals surface area contributed by atoms with Gasteiger partial charge >= 0.3 is 6.03 Å². The van der Waals surface area contributed by atoms with Crippen molar-refractivity contribution >= 4 is 11.7 Å². The topological polar surface area (TPSA) is 48.5 Å². The highest BCUT2D eigenvalue weighted by Gasteiger charge is 2.44. The van der Waals surface area contributed by atoms with E-state index >= 15 is 0 Å². The third-order valence-corrected chi connectivity index (χ3v) is 5.70. The molecule has 2 fully saturated rings. The number of piperidine rings is 1. The van der Waals surface area contributed by atoms with Crippen molar-refractivity contribution in [2.75, 3.05) is 25.0 Å². The number of carbonyl (C=O) groups excluding carboxylic acids is 1. The summed E-state index contributed by atoms with van der Waals surface area (Å²) in [6, 6.07) is 13.9. The number of hydrogen-bond donors (Lipinski definition) is 1. The first-order valence-corrected chi connectivity index (χ1v) is 9.50. The zero-order chi connectivity index (χ0) is 17.8. The zero-order valence-electron chi connectivity index (χ0n) is 15.1. The number of anilines is 1. The van der Waals surface area contributed by atoms with Crippen molar-refractivity contribution in [3.05, 3.63) is 60.4 Å². The van der Waals surface area contributed by atoms with E-state index in [2.05, 4.69) is 21.3 Å². The molecule has 0 unspecified atom stereocenters. The molecule has 4 rings (SSSR count). The number of aromatic nitrogens is 1. The monoisotopic (exact) mass is 350 g/mol. The molecule has 1 aromatic carbocycles. The highest BCUT2D eigenvalue weighted by atomic mass is 16.2. The predicted molar refractivity (Wildman–Crippen MR) is 103 cm³/mol. The smallest absolute Gasteiger partial charge is 0.321 e. The van der Waals surface area contributed by atoms with Gasteiger partial charge in [-0.1, -0.05) is 24.3 Å². The minimum atomic E-state index is 0.0171. The average Bonchev–Trinajstić information content (AvgIpc) is 3.05. The quantitative estimate of drug-likeness (QED) is 0.917. The van der Waals surface area contributed by atoms with Crippen LogP contribution in [0.4, 0.5) is 10.5 Å². The van der Waals surface area contributed by atoms with E-state index < -0.39 is 0 Å². The van der Waals surface area contributed by atoms with Gasteiger partial charge < -0.3 is 10.2 Å². The fourth-order valence-electron chi connectivity index (χ4n) is 4.42. The van der Waals surface area contributed by atoms with Crippen molar-refractivity contribution in [2.24, 2.45) is 0 Å². The van der Waals surface area contributed by atoms with Crippen LogP contribution in [0.1, 0.15) is 31.2 Å². The van der Waals surface area contributed by atoms with Crippen LogP contribution in [-0.2, 0) is 6.54 Å². The van der Waals surface area contributed by atoms with E-state index in [0.717, 1.165) is 38.3 Å². The van der Waals surface area contributed by atoms with Gasteiger partial charge in [-0.15, -0.1) is 0 Å². The van der Waals surface area contributed by atoms with Crippen LogP contribution in [0.25, 0.3) is 0 Å². The molecule has 2 aromatic rings. The number of nitrogens with one attached hydrogen (secondary N) is 1. The van der Waals surface area contributed by atoms with Gasteiger partial charge in [0.15, 0.2) is 0 Å². The van der Waals surface area contributed by atoms with Gasteiger partial charge in [0.25, 0.3) is 0 Å². The Hall–Kier alpha value is -2.40. The summed E-state index contributed by atoms with van der Waals surface area (Å²) < 4.78 is 0. The summed E-state index contributed by atoms with van der Waals surface area (Å²) in [6.45, 7) is 3.66. The molecule has 3 heterocycles. The SMILES string of the molecule is O=C(Nc1ccccc1)N1CCC[C@@]2(CCCN2Cc2cccnc2)C1. The van der Waals surface area contributed by atoms with Gasteiger partial charge in [0, 0.05) is 43.3 Å². The third-order valence-electron chi connectivity index (χ3n) is 5.70. The Bertz CT molecular complexity index is 736. The van der Waals surface area contributed by atoms with Gasteiger partial charge in [0.05, 0.1) is 0 Å². The number of nitrogens with zero attached hydrogens (tertiary/aromatic N) is 3. The van der Waals surface area contributed by atoms with E-state index in [1.807, 2.05) is 53.7 Å². The second-order valence-corrected chi connectivity index (χ2v) is 7.43. The Morgan fingerprint density at radius 2 is 1.88 bits per heavy atom. The molecule has 2 amide bonds. The molecule has 1 aromatic heterocycles. The average molecular weight is 350 g/mol. The summed E-state index contributed by atoms with van der Waals surface area (Å²) in [5, 5.41) is 3.04. The van der Waals surface area contributed by atoms with Gasteiger partial charge in [0.1, 0.15) is 0 Å². The van der Waals surface area contributed by atoms with Crippen LogP contribution >= 0.6 is 0 Å². The number of likely N-dealkylation sites (tertiary alicyclic amines) is 2. The van der Waals surface area contributed by atoms with E-state index in [1.165, 1.54) is 24.8 Å². The number of para-hydroxylation sites is 1. The molecule has 0 bridgehead atoms. The first kappa shape index (κ1) is 17.0. The molecule has 2 aliphatic rings. The maximum absolute atomic E-state index is 12.8. The summed E-state index contributed by atoms with van der Waals surface area (Å²) in [7, 11) is 0. The lowest BCUT2D eigenvalue weighted by Crippen LogP contribution is -2.57. The second kappa shape index (κ2) is 7.46. The van der Waals surface area contributed by atoms with Crippen LogP contribution in [0, 0.1) is 0 Å². The lowest BCUT2D eigenvalue weighted by atomic mass is 9.86. The Labute approximate surface area is 155 Å². The van der Waals surface area contributed by atoms with Crippen molar-refractivity contribution < 1.29 is 4.79 Å². The highest BCUT2D eigenvalue weighted by molar-refractivity contribution is 5.89. The number of hydrogen-bond acceptors (Lipinski definition) is 3. The third kappa shape index (κ3) is 3.58. The van der Waals surface area contributed by atoms with Gasteiger partial charge in [-0.25, -0.2) is 4.79 Å². The summed E-state index contributed by atoms with van der Waals surface area (Å²) in [5.41, 5.74) is 2.22. The van der Waals surface area contributed by atoms with E-state index in [9.17, 15) is 4.79 Å². The molecule has 2 aliphatic heterocycles. The molecular formula is C21H26N4O. The Balaban J connectivity index is 1.45. The minimum Gasteiger partial charge on any atom is -0.323 e. The first-order valence-electron chi connectivity index (χ1n) is 9.50. The summed E-state index contributed by atoms with van der Waals surface area (Å²) in [6.07, 6.45) is 8.37. The van der Waals surface area contributed by atoms with E-state index in [0.29, 0.717) is 0 Å². The van der Waals surface area contributed by atoms with Crippen LogP contribution in [-0.4, -0.2) is 46.0 Å². The standard InChI is InChI=1S/C21H26N4O/c26-20(23-19-8-2-1-3-9-19)24-13-5-10-21(17-24)11-6-14-25(21)16-18-7-4-12-22-15-18/h1-4,7-9,12,15H,5-6,10-11,13-14,16-17H2,(H,23,26)/t21-/m1/s1.